The van der Waals surface area contributed by atoms with Crippen LogP contribution in [-0.4, -0.2) is 73.4 Å². The van der Waals surface area contributed by atoms with Crippen molar-refractivity contribution in [1.82, 2.24) is 5.32 Å². The third-order valence-corrected chi connectivity index (χ3v) is 11.8. The van der Waals surface area contributed by atoms with E-state index in [1.54, 1.807) is 0 Å². The number of phosphoric acid groups is 1. The molecular weight excluding hydrogens is 828 g/mol. The Labute approximate surface area is 400 Å². The van der Waals surface area contributed by atoms with E-state index in [0.717, 1.165) is 116 Å². The third kappa shape index (κ3) is 48.9. The van der Waals surface area contributed by atoms with Gasteiger partial charge < -0.3 is 19.8 Å². The zero-order chi connectivity index (χ0) is 47.8. The van der Waals surface area contributed by atoms with Crippen molar-refractivity contribution in [1.29, 1.82) is 0 Å². The van der Waals surface area contributed by atoms with Crippen LogP contribution in [0.25, 0.3) is 0 Å². The fraction of sp³-hybridized carbons (Fsp3) is 0.661. The van der Waals surface area contributed by atoms with Gasteiger partial charge in [-0.15, -0.1) is 0 Å². The first-order valence-electron chi connectivity index (χ1n) is 25.8. The maximum Gasteiger partial charge on any atom is 0.472 e. The largest absolute Gasteiger partial charge is 0.472 e. The van der Waals surface area contributed by atoms with E-state index in [0.29, 0.717) is 23.9 Å². The van der Waals surface area contributed by atoms with Gasteiger partial charge in [0, 0.05) is 6.42 Å². The molecule has 3 unspecified atom stereocenters. The average Bonchev–Trinajstić information content (AvgIpc) is 3.26. The lowest BCUT2D eigenvalue weighted by molar-refractivity contribution is -0.870. The standard InChI is InChI=1S/C56H97N2O6P/c1-6-8-10-12-14-16-18-19-20-21-22-23-24-25-26-27-28-29-30-31-32-33-34-35-36-37-38-39-40-42-44-46-48-50-56(60)57-54(53-64-65(61,62)63-52-51-58(3,4)5)55(59)49-47-45-43-41-17-15-13-11-9-7-2/h8,10,14,16,19-20,22-23,25-26,28-29,31-32,34-35,37-38,54-55,59H,6-7,9,11-13,15,17-18,21,24,27,30,33,36,39-53H2,1-5H3,(H-,57,60,61,62)/p+1/b10-8-,16-14-,20-19-,23-22-,26-25-,29-28-,32-31-,35-34-,38-37-. The van der Waals surface area contributed by atoms with Gasteiger partial charge >= 0.3 is 7.82 Å². The highest BCUT2D eigenvalue weighted by Crippen LogP contribution is 2.43. The summed E-state index contributed by atoms with van der Waals surface area (Å²) in [6.45, 7) is 4.71. The van der Waals surface area contributed by atoms with Gasteiger partial charge in [-0.25, -0.2) is 4.57 Å². The van der Waals surface area contributed by atoms with Crippen molar-refractivity contribution in [3.63, 3.8) is 0 Å². The molecule has 0 saturated heterocycles. The summed E-state index contributed by atoms with van der Waals surface area (Å²) in [4.78, 5) is 23.2. The van der Waals surface area contributed by atoms with E-state index < -0.39 is 20.0 Å². The quantitative estimate of drug-likeness (QED) is 0.0243. The first-order chi connectivity index (χ1) is 31.5. The van der Waals surface area contributed by atoms with E-state index in [-0.39, 0.29) is 19.1 Å². The van der Waals surface area contributed by atoms with Gasteiger partial charge in [0.05, 0.1) is 39.9 Å². The highest BCUT2D eigenvalue weighted by Gasteiger charge is 2.28. The molecule has 8 nitrogen and oxygen atoms in total. The number of nitrogens with one attached hydrogen (secondary N) is 1. The van der Waals surface area contributed by atoms with E-state index in [1.807, 2.05) is 21.1 Å². The summed E-state index contributed by atoms with van der Waals surface area (Å²) in [5.41, 5.74) is 0. The van der Waals surface area contributed by atoms with Crippen LogP contribution in [0, 0.1) is 0 Å². The summed E-state index contributed by atoms with van der Waals surface area (Å²) in [5, 5.41) is 13.9. The normalized spacial score (nSPS) is 15.0. The molecule has 372 valence electrons. The predicted octanol–water partition coefficient (Wildman–Crippen LogP) is 15.3. The maximum absolute atomic E-state index is 12.9. The van der Waals surface area contributed by atoms with Crippen molar-refractivity contribution >= 4 is 13.7 Å². The Hall–Kier alpha value is -2.84. The molecule has 0 saturated carbocycles. The zero-order valence-electron chi connectivity index (χ0n) is 42.2. The van der Waals surface area contributed by atoms with Crippen molar-refractivity contribution in [3.05, 3.63) is 109 Å². The van der Waals surface area contributed by atoms with Gasteiger partial charge in [-0.1, -0.05) is 207 Å². The minimum absolute atomic E-state index is 0.0643. The number of rotatable bonds is 45. The molecule has 1 amide bonds. The van der Waals surface area contributed by atoms with Crippen LogP contribution in [0.5, 0.6) is 0 Å². The van der Waals surface area contributed by atoms with Gasteiger partial charge in [-0.3, -0.25) is 13.8 Å². The molecule has 0 bridgehead atoms. The Bertz CT molecular complexity index is 1420. The van der Waals surface area contributed by atoms with Crippen molar-refractivity contribution < 1.29 is 32.9 Å². The first-order valence-corrected chi connectivity index (χ1v) is 27.2. The smallest absolute Gasteiger partial charge is 0.391 e. The fourth-order valence-electron chi connectivity index (χ4n) is 6.74. The SMILES string of the molecule is CC/C=C\C/C=C\C/C=C\C/C=C\C/C=C\C/C=C\C/C=C\C/C=C\C/C=C\CCCCCCCC(=O)NC(COP(=O)(O)OCC[N+](C)(C)C)C(O)CCCCCCCCCCCC. The molecule has 0 fully saturated rings. The lowest BCUT2D eigenvalue weighted by Gasteiger charge is -2.26. The second-order valence-electron chi connectivity index (χ2n) is 18.2. The van der Waals surface area contributed by atoms with Crippen LogP contribution in [0.15, 0.2) is 109 Å². The Morgan fingerprint density at radius 1 is 0.538 bits per heavy atom. The number of aliphatic hydroxyl groups is 1. The molecule has 0 aliphatic rings. The third-order valence-electron chi connectivity index (χ3n) is 10.8. The van der Waals surface area contributed by atoms with E-state index >= 15 is 0 Å². The van der Waals surface area contributed by atoms with Crippen LogP contribution < -0.4 is 5.32 Å². The number of hydrogen-bond acceptors (Lipinski definition) is 5. The molecule has 0 aliphatic carbocycles. The van der Waals surface area contributed by atoms with Gasteiger partial charge in [-0.05, 0) is 83.5 Å². The number of allylic oxidation sites excluding steroid dienone is 18. The Kier molecular flexibility index (Phi) is 44.3. The molecule has 0 aromatic heterocycles. The number of carbonyl (C=O) groups is 1. The van der Waals surface area contributed by atoms with Crippen molar-refractivity contribution in [2.75, 3.05) is 40.9 Å². The number of likely N-dealkylation sites (N-methyl/N-ethyl adjacent to an activating group) is 1. The van der Waals surface area contributed by atoms with Crippen molar-refractivity contribution in [3.8, 4) is 0 Å². The molecule has 0 heterocycles. The Morgan fingerprint density at radius 2 is 0.923 bits per heavy atom. The highest BCUT2D eigenvalue weighted by atomic mass is 31.2. The van der Waals surface area contributed by atoms with E-state index in [2.05, 4.69) is 129 Å². The van der Waals surface area contributed by atoms with Crippen LogP contribution in [0.1, 0.15) is 187 Å². The predicted molar refractivity (Wildman–Crippen MR) is 281 cm³/mol. The topological polar surface area (TPSA) is 105 Å². The number of aliphatic hydroxyl groups excluding tert-OH is 1. The lowest BCUT2D eigenvalue weighted by Crippen LogP contribution is -2.46. The lowest BCUT2D eigenvalue weighted by atomic mass is 10.0. The van der Waals surface area contributed by atoms with Gasteiger partial charge in [0.25, 0.3) is 0 Å². The Morgan fingerprint density at radius 3 is 1.35 bits per heavy atom. The molecule has 0 aliphatic heterocycles. The number of nitrogens with zero attached hydrogens (tertiary/aromatic N) is 1. The molecule has 0 spiro atoms. The number of phosphoric ester groups is 1. The summed E-state index contributed by atoms with van der Waals surface area (Å²) in [6.07, 6.45) is 67.1. The number of amides is 1. The van der Waals surface area contributed by atoms with Crippen LogP contribution >= 0.6 is 7.82 Å². The number of hydrogen-bond donors (Lipinski definition) is 3. The molecule has 3 N–H and O–H groups in total. The molecule has 0 aromatic carbocycles. The van der Waals surface area contributed by atoms with Crippen LogP contribution in [-0.2, 0) is 18.4 Å². The molecule has 65 heavy (non-hydrogen) atoms. The number of carbonyl (C=O) groups excluding carboxylic acids is 1. The minimum atomic E-state index is -4.33. The van der Waals surface area contributed by atoms with E-state index in [1.165, 1.54) is 44.9 Å². The van der Waals surface area contributed by atoms with Gasteiger partial charge in [0.1, 0.15) is 13.2 Å². The van der Waals surface area contributed by atoms with Crippen molar-refractivity contribution in [2.45, 2.75) is 199 Å². The first kappa shape index (κ1) is 62.2. The van der Waals surface area contributed by atoms with Crippen LogP contribution in [0.4, 0.5) is 0 Å². The summed E-state index contributed by atoms with van der Waals surface area (Å²) in [6, 6.07) is -0.777. The maximum atomic E-state index is 12.9. The van der Waals surface area contributed by atoms with Gasteiger partial charge in [0.15, 0.2) is 0 Å². The van der Waals surface area contributed by atoms with Crippen LogP contribution in [0.2, 0.25) is 0 Å². The van der Waals surface area contributed by atoms with E-state index in [4.69, 9.17) is 9.05 Å². The molecule has 0 rings (SSSR count). The monoisotopic (exact) mass is 926 g/mol. The molecule has 9 heteroatoms. The molecule has 0 aromatic rings. The summed E-state index contributed by atoms with van der Waals surface area (Å²) >= 11 is 0. The highest BCUT2D eigenvalue weighted by molar-refractivity contribution is 7.47. The summed E-state index contributed by atoms with van der Waals surface area (Å²) in [5.74, 6) is -0.171. The van der Waals surface area contributed by atoms with E-state index in [9.17, 15) is 19.4 Å². The number of quaternary nitrogens is 1. The average molecular weight is 926 g/mol. The number of unbranched alkanes of at least 4 members (excludes halogenated alkanes) is 14. The van der Waals surface area contributed by atoms with Crippen molar-refractivity contribution in [2.24, 2.45) is 0 Å². The molecule has 3 atom stereocenters. The summed E-state index contributed by atoms with van der Waals surface area (Å²) < 4.78 is 23.6. The van der Waals surface area contributed by atoms with Gasteiger partial charge in [0.2, 0.25) is 5.91 Å². The minimum Gasteiger partial charge on any atom is -0.391 e. The molecular formula is C56H98N2O6P+. The fourth-order valence-corrected chi connectivity index (χ4v) is 7.48. The zero-order valence-corrected chi connectivity index (χ0v) is 43.1. The second-order valence-corrected chi connectivity index (χ2v) is 19.6. The van der Waals surface area contributed by atoms with Gasteiger partial charge in [-0.2, -0.15) is 0 Å². The summed E-state index contributed by atoms with van der Waals surface area (Å²) in [7, 11) is 1.58. The Balaban J connectivity index is 4.20. The second kappa shape index (κ2) is 46.3. The molecule has 0 radical (unpaired) electrons. The van der Waals surface area contributed by atoms with Crippen LogP contribution in [0.3, 0.4) is 0 Å².